The van der Waals surface area contributed by atoms with Crippen LogP contribution in [0.3, 0.4) is 0 Å². The number of aliphatic hydroxyl groups is 1. The number of aliphatic hydroxyl groups excluding tert-OH is 1. The zero-order valence-electron chi connectivity index (χ0n) is 10.9. The maximum atomic E-state index is 10.3. The molecule has 3 aliphatic rings. The van der Waals surface area contributed by atoms with E-state index in [1.165, 1.54) is 62.5 Å². The minimum atomic E-state index is 0. The third-order valence-corrected chi connectivity index (χ3v) is 5.76. The molecular formula is C14H26INO. The lowest BCUT2D eigenvalue weighted by Gasteiger charge is -2.49. The van der Waals surface area contributed by atoms with Crippen molar-refractivity contribution in [1.29, 1.82) is 0 Å². The van der Waals surface area contributed by atoms with Crippen molar-refractivity contribution in [3.8, 4) is 0 Å². The van der Waals surface area contributed by atoms with Crippen molar-refractivity contribution in [1.82, 2.24) is 0 Å². The molecule has 2 aliphatic carbocycles. The van der Waals surface area contributed by atoms with Crippen molar-refractivity contribution in [2.24, 2.45) is 11.8 Å². The van der Waals surface area contributed by atoms with Crippen molar-refractivity contribution < 1.29 is 33.6 Å². The third kappa shape index (κ3) is 2.39. The summed E-state index contributed by atoms with van der Waals surface area (Å²) >= 11 is 0. The molecule has 2 nitrogen and oxygen atoms in total. The molecule has 0 amide bonds. The first-order valence-corrected chi connectivity index (χ1v) is 7.23. The number of rotatable bonds is 1. The van der Waals surface area contributed by atoms with Gasteiger partial charge in [-0.05, 0) is 44.4 Å². The number of likely N-dealkylation sites (tertiary alicyclic amines) is 1. The van der Waals surface area contributed by atoms with Crippen LogP contribution in [-0.4, -0.2) is 41.9 Å². The average molecular weight is 351 g/mol. The minimum absolute atomic E-state index is 0. The molecular weight excluding hydrogens is 325 g/mol. The van der Waals surface area contributed by atoms with E-state index in [4.69, 9.17) is 0 Å². The fourth-order valence-corrected chi connectivity index (χ4v) is 4.77. The summed E-state index contributed by atoms with van der Waals surface area (Å²) in [5.41, 5.74) is 0. The molecule has 3 fully saturated rings. The van der Waals surface area contributed by atoms with Gasteiger partial charge in [0.05, 0.1) is 32.3 Å². The molecule has 0 aromatic carbocycles. The quantitative estimate of drug-likeness (QED) is 0.483. The normalized spacial score (nSPS) is 44.1. The van der Waals surface area contributed by atoms with Crippen LogP contribution in [0.4, 0.5) is 0 Å². The monoisotopic (exact) mass is 351 g/mol. The summed E-state index contributed by atoms with van der Waals surface area (Å²) in [7, 11) is 2.45. The molecule has 3 rings (SSSR count). The van der Waals surface area contributed by atoms with E-state index in [-0.39, 0.29) is 30.1 Å². The average Bonchev–Trinajstić information content (AvgIpc) is 2.53. The smallest absolute Gasteiger partial charge is 0.0941 e. The van der Waals surface area contributed by atoms with Gasteiger partial charge in [0.15, 0.2) is 0 Å². The van der Waals surface area contributed by atoms with Gasteiger partial charge in [-0.1, -0.05) is 0 Å². The van der Waals surface area contributed by atoms with Crippen LogP contribution < -0.4 is 24.0 Å². The largest absolute Gasteiger partial charge is 1.00 e. The fourth-order valence-electron chi connectivity index (χ4n) is 4.77. The Balaban J connectivity index is 0.00000108. The topological polar surface area (TPSA) is 20.2 Å². The number of nitrogens with zero attached hydrogens (tertiary/aromatic N) is 1. The molecule has 17 heavy (non-hydrogen) atoms. The summed E-state index contributed by atoms with van der Waals surface area (Å²) in [6.07, 6.45) is 9.52. The molecule has 4 atom stereocenters. The molecule has 100 valence electrons. The summed E-state index contributed by atoms with van der Waals surface area (Å²) in [6, 6.07) is 0.772. The molecule has 2 saturated carbocycles. The molecule has 0 aromatic heterocycles. The highest BCUT2D eigenvalue weighted by atomic mass is 127. The molecule has 4 unspecified atom stereocenters. The van der Waals surface area contributed by atoms with Crippen LogP contribution in [-0.2, 0) is 0 Å². The first-order chi connectivity index (χ1) is 7.71. The standard InChI is InChI=1S/C14H26NO.HI/c1-15(9-3-2-4-10-15)13-8-6-11-5-7-12(13)14(11)16;/h11-14,16H,2-10H2,1H3;1H/q+1;/p-1. The molecule has 0 aromatic rings. The molecule has 1 N–H and O–H groups in total. The number of quaternary nitrogens is 1. The first kappa shape index (κ1) is 14.1. The van der Waals surface area contributed by atoms with E-state index in [1.54, 1.807) is 0 Å². The Kier molecular flexibility index (Phi) is 4.41. The van der Waals surface area contributed by atoms with Crippen molar-refractivity contribution >= 4 is 0 Å². The highest BCUT2D eigenvalue weighted by molar-refractivity contribution is 4.94. The number of halogens is 1. The molecule has 0 radical (unpaired) electrons. The lowest BCUT2D eigenvalue weighted by molar-refractivity contribution is -0.942. The maximum Gasteiger partial charge on any atom is 0.0941 e. The van der Waals surface area contributed by atoms with Gasteiger partial charge in [0.25, 0.3) is 0 Å². The van der Waals surface area contributed by atoms with Gasteiger partial charge >= 0.3 is 0 Å². The first-order valence-electron chi connectivity index (χ1n) is 7.23. The third-order valence-electron chi connectivity index (χ3n) is 5.76. The SMILES string of the molecule is C[N+]1(C2CCC3CCC2C3O)CCCCC1.[I-]. The van der Waals surface area contributed by atoms with E-state index in [0.29, 0.717) is 11.8 Å². The number of fused-ring (bicyclic) bond motifs is 2. The van der Waals surface area contributed by atoms with Gasteiger partial charge in [0, 0.05) is 12.3 Å². The Bertz CT molecular complexity index is 265. The Morgan fingerprint density at radius 2 is 1.59 bits per heavy atom. The summed E-state index contributed by atoms with van der Waals surface area (Å²) in [6.45, 7) is 2.72. The van der Waals surface area contributed by atoms with Crippen molar-refractivity contribution in [3.05, 3.63) is 0 Å². The van der Waals surface area contributed by atoms with Crippen molar-refractivity contribution in [2.75, 3.05) is 20.1 Å². The predicted molar refractivity (Wildman–Crippen MR) is 65.0 cm³/mol. The fraction of sp³-hybridized carbons (Fsp3) is 1.00. The van der Waals surface area contributed by atoms with Crippen molar-refractivity contribution in [2.45, 2.75) is 57.1 Å². The maximum absolute atomic E-state index is 10.3. The lowest BCUT2D eigenvalue weighted by Crippen LogP contribution is -3.00. The second kappa shape index (κ2) is 5.33. The number of hydrogen-bond acceptors (Lipinski definition) is 1. The lowest BCUT2D eigenvalue weighted by atomic mass is 9.80. The van der Waals surface area contributed by atoms with Crippen LogP contribution in [0.1, 0.15) is 44.9 Å². The van der Waals surface area contributed by atoms with E-state index in [0.717, 1.165) is 6.04 Å². The number of hydrogen-bond donors (Lipinski definition) is 1. The van der Waals surface area contributed by atoms with Crippen LogP contribution in [0, 0.1) is 11.8 Å². The zero-order valence-corrected chi connectivity index (χ0v) is 13.1. The van der Waals surface area contributed by atoms with Gasteiger partial charge in [0.2, 0.25) is 0 Å². The van der Waals surface area contributed by atoms with E-state index in [1.807, 2.05) is 0 Å². The highest BCUT2D eigenvalue weighted by Crippen LogP contribution is 2.46. The van der Waals surface area contributed by atoms with E-state index >= 15 is 0 Å². The molecule has 1 aliphatic heterocycles. The highest BCUT2D eigenvalue weighted by Gasteiger charge is 2.50. The summed E-state index contributed by atoms with van der Waals surface area (Å²) in [5.74, 6) is 1.28. The number of piperidine rings is 1. The van der Waals surface area contributed by atoms with E-state index in [2.05, 4.69) is 7.05 Å². The second-order valence-corrected chi connectivity index (χ2v) is 6.62. The molecule has 0 spiro atoms. The van der Waals surface area contributed by atoms with Crippen LogP contribution in [0.25, 0.3) is 0 Å². The van der Waals surface area contributed by atoms with E-state index in [9.17, 15) is 5.11 Å². The second-order valence-electron chi connectivity index (χ2n) is 6.62. The molecule has 3 heteroatoms. The van der Waals surface area contributed by atoms with Gasteiger partial charge in [-0.3, -0.25) is 0 Å². The summed E-state index contributed by atoms with van der Waals surface area (Å²) in [4.78, 5) is 0. The van der Waals surface area contributed by atoms with Crippen LogP contribution in [0.5, 0.6) is 0 Å². The summed E-state index contributed by atoms with van der Waals surface area (Å²) in [5, 5.41) is 10.3. The van der Waals surface area contributed by atoms with Gasteiger partial charge in [-0.25, -0.2) is 0 Å². The Morgan fingerprint density at radius 3 is 2.29 bits per heavy atom. The van der Waals surface area contributed by atoms with Crippen LogP contribution in [0.15, 0.2) is 0 Å². The molecule has 1 saturated heterocycles. The Hall–Kier alpha value is 0.650. The molecule has 2 bridgehead atoms. The van der Waals surface area contributed by atoms with Crippen LogP contribution >= 0.6 is 0 Å². The zero-order chi connectivity index (χ0) is 11.2. The Labute approximate surface area is 122 Å². The summed E-state index contributed by atoms with van der Waals surface area (Å²) < 4.78 is 1.27. The van der Waals surface area contributed by atoms with Crippen molar-refractivity contribution in [3.63, 3.8) is 0 Å². The van der Waals surface area contributed by atoms with Crippen LogP contribution in [0.2, 0.25) is 0 Å². The minimum Gasteiger partial charge on any atom is -1.00 e. The van der Waals surface area contributed by atoms with Gasteiger partial charge < -0.3 is 33.6 Å². The predicted octanol–water partition coefficient (Wildman–Crippen LogP) is -0.830. The van der Waals surface area contributed by atoms with Gasteiger partial charge in [0.1, 0.15) is 0 Å². The molecule has 1 heterocycles. The van der Waals surface area contributed by atoms with Gasteiger partial charge in [-0.15, -0.1) is 0 Å². The van der Waals surface area contributed by atoms with Gasteiger partial charge in [-0.2, -0.15) is 0 Å². The Morgan fingerprint density at radius 1 is 0.941 bits per heavy atom. The van der Waals surface area contributed by atoms with E-state index < -0.39 is 0 Å².